The summed E-state index contributed by atoms with van der Waals surface area (Å²) < 4.78 is 5.07. The lowest BCUT2D eigenvalue weighted by Gasteiger charge is -2.12. The van der Waals surface area contributed by atoms with E-state index in [1.807, 2.05) is 0 Å². The van der Waals surface area contributed by atoms with Gasteiger partial charge in [0.1, 0.15) is 11.1 Å². The summed E-state index contributed by atoms with van der Waals surface area (Å²) in [5.41, 5.74) is -1.13. The minimum absolute atomic E-state index is 0.412. The standard InChI is InChI=1S/C14H10O9/c15-9-5(13(19)20)1-3-7(11(9)17)23-8-4-2-6(14(21)22)10(16)12(8)18/h1-4,15-18H,(H,19,20)(H,21,22). The molecule has 9 nitrogen and oxygen atoms in total. The van der Waals surface area contributed by atoms with E-state index in [0.717, 1.165) is 24.3 Å². The number of rotatable bonds is 4. The van der Waals surface area contributed by atoms with E-state index in [1.54, 1.807) is 0 Å². The van der Waals surface area contributed by atoms with Crippen LogP contribution in [0.15, 0.2) is 24.3 Å². The first kappa shape index (κ1) is 15.8. The van der Waals surface area contributed by atoms with Gasteiger partial charge in [0.25, 0.3) is 0 Å². The first-order valence-electron chi connectivity index (χ1n) is 5.98. The molecule has 9 heteroatoms. The first-order valence-corrected chi connectivity index (χ1v) is 5.98. The van der Waals surface area contributed by atoms with Crippen LogP contribution in [0.5, 0.6) is 34.5 Å². The van der Waals surface area contributed by atoms with Gasteiger partial charge in [0.15, 0.2) is 23.0 Å². The number of ether oxygens (including phenoxy) is 1. The Kier molecular flexibility index (Phi) is 3.86. The fourth-order valence-electron chi connectivity index (χ4n) is 1.75. The highest BCUT2D eigenvalue weighted by Crippen LogP contribution is 2.44. The van der Waals surface area contributed by atoms with Gasteiger partial charge < -0.3 is 35.4 Å². The summed E-state index contributed by atoms with van der Waals surface area (Å²) in [4.78, 5) is 21.6. The molecule has 0 aliphatic rings. The van der Waals surface area contributed by atoms with E-state index in [-0.39, 0.29) is 0 Å². The fraction of sp³-hybridized carbons (Fsp3) is 0. The molecule has 0 saturated heterocycles. The summed E-state index contributed by atoms with van der Waals surface area (Å²) in [6.07, 6.45) is 0. The van der Waals surface area contributed by atoms with Crippen LogP contribution >= 0.6 is 0 Å². The van der Waals surface area contributed by atoms with Crippen LogP contribution < -0.4 is 4.74 Å². The smallest absolute Gasteiger partial charge is 0.339 e. The molecule has 0 fully saturated rings. The average Bonchev–Trinajstić information content (AvgIpc) is 2.48. The summed E-state index contributed by atoms with van der Waals surface area (Å²) in [6.45, 7) is 0. The zero-order valence-electron chi connectivity index (χ0n) is 11.2. The third-order valence-corrected chi connectivity index (χ3v) is 2.91. The summed E-state index contributed by atoms with van der Waals surface area (Å²) in [6, 6.07) is 3.94. The maximum Gasteiger partial charge on any atom is 0.339 e. The number of aromatic hydroxyl groups is 4. The second-order valence-corrected chi connectivity index (χ2v) is 4.33. The largest absolute Gasteiger partial charge is 0.504 e. The van der Waals surface area contributed by atoms with Gasteiger partial charge in [-0.15, -0.1) is 0 Å². The maximum absolute atomic E-state index is 10.8. The molecule has 23 heavy (non-hydrogen) atoms. The fourth-order valence-corrected chi connectivity index (χ4v) is 1.75. The second-order valence-electron chi connectivity index (χ2n) is 4.33. The minimum atomic E-state index is -1.48. The highest BCUT2D eigenvalue weighted by Gasteiger charge is 2.21. The van der Waals surface area contributed by atoms with E-state index in [9.17, 15) is 30.0 Å². The van der Waals surface area contributed by atoms with Gasteiger partial charge in [-0.25, -0.2) is 9.59 Å². The van der Waals surface area contributed by atoms with Gasteiger partial charge in [0, 0.05) is 0 Å². The van der Waals surface area contributed by atoms with Gasteiger partial charge in [-0.1, -0.05) is 0 Å². The molecule has 120 valence electrons. The van der Waals surface area contributed by atoms with Gasteiger partial charge in [-0.2, -0.15) is 0 Å². The van der Waals surface area contributed by atoms with Crippen molar-refractivity contribution >= 4 is 11.9 Å². The van der Waals surface area contributed by atoms with Crippen molar-refractivity contribution in [2.24, 2.45) is 0 Å². The molecule has 0 saturated carbocycles. The van der Waals surface area contributed by atoms with Crippen molar-refractivity contribution in [3.63, 3.8) is 0 Å². The van der Waals surface area contributed by atoms with E-state index in [0.29, 0.717) is 0 Å². The van der Waals surface area contributed by atoms with Crippen LogP contribution in [0.1, 0.15) is 20.7 Å². The Labute approximate surface area is 127 Å². The van der Waals surface area contributed by atoms with Crippen LogP contribution in [0.3, 0.4) is 0 Å². The Morgan fingerprint density at radius 2 is 1.00 bits per heavy atom. The van der Waals surface area contributed by atoms with E-state index < -0.39 is 57.6 Å². The summed E-state index contributed by atoms with van der Waals surface area (Å²) >= 11 is 0. The number of hydrogen-bond donors (Lipinski definition) is 6. The van der Waals surface area contributed by atoms with E-state index >= 15 is 0 Å². The lowest BCUT2D eigenvalue weighted by Crippen LogP contribution is -1.99. The molecular formula is C14H10O9. The summed E-state index contributed by atoms with van der Waals surface area (Å²) in [7, 11) is 0. The molecular weight excluding hydrogens is 312 g/mol. The maximum atomic E-state index is 10.8. The summed E-state index contributed by atoms with van der Waals surface area (Å²) in [5.74, 6) is -7.46. The molecule has 0 bridgehead atoms. The molecule has 0 aliphatic carbocycles. The molecule has 6 N–H and O–H groups in total. The molecule has 0 aliphatic heterocycles. The van der Waals surface area contributed by atoms with Crippen molar-refractivity contribution in [1.29, 1.82) is 0 Å². The minimum Gasteiger partial charge on any atom is -0.504 e. The third kappa shape index (κ3) is 2.75. The Hall–Kier alpha value is -3.62. The third-order valence-electron chi connectivity index (χ3n) is 2.91. The number of hydrogen-bond acceptors (Lipinski definition) is 7. The summed E-state index contributed by atoms with van der Waals surface area (Å²) in [5, 5.41) is 56.2. The van der Waals surface area contributed by atoms with Gasteiger partial charge >= 0.3 is 11.9 Å². The van der Waals surface area contributed by atoms with Gasteiger partial charge in [-0.3, -0.25) is 0 Å². The van der Waals surface area contributed by atoms with E-state index in [2.05, 4.69) is 0 Å². The number of phenolic OH excluding ortho intramolecular Hbond substituents is 2. The first-order chi connectivity index (χ1) is 10.7. The van der Waals surface area contributed by atoms with Crippen LogP contribution in [-0.2, 0) is 0 Å². The normalized spacial score (nSPS) is 10.3. The highest BCUT2D eigenvalue weighted by molar-refractivity contribution is 5.93. The molecule has 0 aromatic heterocycles. The van der Waals surface area contributed by atoms with Gasteiger partial charge in [0.05, 0.1) is 0 Å². The van der Waals surface area contributed by atoms with Gasteiger partial charge in [-0.05, 0) is 24.3 Å². The zero-order chi connectivity index (χ0) is 17.3. The number of carboxylic acids is 2. The number of benzene rings is 2. The monoisotopic (exact) mass is 322 g/mol. The van der Waals surface area contributed by atoms with Crippen molar-refractivity contribution in [2.75, 3.05) is 0 Å². The lowest BCUT2D eigenvalue weighted by atomic mass is 10.1. The lowest BCUT2D eigenvalue weighted by molar-refractivity contribution is 0.0682. The van der Waals surface area contributed by atoms with E-state index in [4.69, 9.17) is 14.9 Å². The van der Waals surface area contributed by atoms with Crippen molar-refractivity contribution in [2.45, 2.75) is 0 Å². The van der Waals surface area contributed by atoms with Crippen LogP contribution in [0, 0.1) is 0 Å². The number of carboxylic acid groups (broad SMARTS) is 2. The number of carbonyl (C=O) groups is 2. The van der Waals surface area contributed by atoms with E-state index in [1.165, 1.54) is 0 Å². The predicted molar refractivity (Wildman–Crippen MR) is 73.5 cm³/mol. The predicted octanol–water partition coefficient (Wildman–Crippen LogP) is 1.70. The molecule has 0 unspecified atom stereocenters. The molecule has 0 spiro atoms. The molecule has 2 aromatic rings. The quantitative estimate of drug-likeness (QED) is 0.459. The Bertz CT molecular complexity index is 743. The van der Waals surface area contributed by atoms with Crippen LogP contribution in [0.4, 0.5) is 0 Å². The molecule has 0 heterocycles. The topological polar surface area (TPSA) is 165 Å². The molecule has 2 aromatic carbocycles. The second kappa shape index (κ2) is 5.64. The van der Waals surface area contributed by atoms with Crippen molar-refractivity contribution < 1.29 is 45.0 Å². The van der Waals surface area contributed by atoms with Crippen molar-refractivity contribution in [3.8, 4) is 34.5 Å². The average molecular weight is 322 g/mol. The number of aromatic carboxylic acids is 2. The van der Waals surface area contributed by atoms with Crippen LogP contribution in [-0.4, -0.2) is 42.6 Å². The molecule has 2 rings (SSSR count). The van der Waals surface area contributed by atoms with Crippen LogP contribution in [0.25, 0.3) is 0 Å². The zero-order valence-corrected chi connectivity index (χ0v) is 11.2. The van der Waals surface area contributed by atoms with Crippen molar-refractivity contribution in [1.82, 2.24) is 0 Å². The number of phenols is 4. The molecule has 0 atom stereocenters. The Balaban J connectivity index is 2.45. The Morgan fingerprint density at radius 1 is 0.652 bits per heavy atom. The SMILES string of the molecule is O=C(O)c1ccc(Oc2ccc(C(=O)O)c(O)c2O)c(O)c1O. The van der Waals surface area contributed by atoms with Crippen LogP contribution in [0.2, 0.25) is 0 Å². The molecule has 0 amide bonds. The Morgan fingerprint density at radius 3 is 1.30 bits per heavy atom. The van der Waals surface area contributed by atoms with Gasteiger partial charge in [0.2, 0.25) is 11.5 Å². The van der Waals surface area contributed by atoms with Crippen molar-refractivity contribution in [3.05, 3.63) is 35.4 Å². The highest BCUT2D eigenvalue weighted by atomic mass is 16.5. The molecule has 0 radical (unpaired) electrons.